The van der Waals surface area contributed by atoms with Gasteiger partial charge in [-0.3, -0.25) is 4.98 Å². The van der Waals surface area contributed by atoms with E-state index in [0.29, 0.717) is 18.1 Å². The number of aryl methyl sites for hydroxylation is 1. The highest BCUT2D eigenvalue weighted by molar-refractivity contribution is 5.41. The number of pyridine rings is 1. The summed E-state index contributed by atoms with van der Waals surface area (Å²) in [4.78, 5) is 4.05. The summed E-state index contributed by atoms with van der Waals surface area (Å²) >= 11 is 0. The van der Waals surface area contributed by atoms with E-state index in [1.807, 2.05) is 37.3 Å². The first-order chi connectivity index (χ1) is 9.25. The number of rotatable bonds is 2. The largest absolute Gasteiger partial charge is 0.486 e. The van der Waals surface area contributed by atoms with Crippen LogP contribution in [0.1, 0.15) is 17.2 Å². The summed E-state index contributed by atoms with van der Waals surface area (Å²) in [5, 5.41) is 10.4. The molecule has 3 rings (SSSR count). The Morgan fingerprint density at radius 3 is 2.84 bits per heavy atom. The number of ether oxygens (including phenoxy) is 2. The van der Waals surface area contributed by atoms with Gasteiger partial charge in [-0.25, -0.2) is 0 Å². The van der Waals surface area contributed by atoms with Crippen molar-refractivity contribution in [2.75, 3.05) is 6.61 Å². The van der Waals surface area contributed by atoms with Crippen LogP contribution in [0.5, 0.6) is 11.5 Å². The zero-order chi connectivity index (χ0) is 13.2. The summed E-state index contributed by atoms with van der Waals surface area (Å²) in [6.07, 6.45) is 2.21. The van der Waals surface area contributed by atoms with Crippen LogP contribution >= 0.6 is 0 Å². The van der Waals surface area contributed by atoms with Crippen LogP contribution in [0.2, 0.25) is 0 Å². The molecule has 0 aliphatic carbocycles. The number of hydrogen-bond acceptors (Lipinski definition) is 4. The summed E-state index contributed by atoms with van der Waals surface area (Å²) in [6.45, 7) is 2.27. The molecule has 1 aromatic heterocycles. The van der Waals surface area contributed by atoms with Crippen LogP contribution < -0.4 is 9.47 Å². The van der Waals surface area contributed by atoms with Crippen molar-refractivity contribution in [1.29, 1.82) is 0 Å². The van der Waals surface area contributed by atoms with E-state index in [0.717, 1.165) is 11.1 Å². The molecule has 0 radical (unpaired) electrons. The second kappa shape index (κ2) is 4.90. The summed E-state index contributed by atoms with van der Waals surface area (Å²) < 4.78 is 11.4. The third kappa shape index (κ3) is 2.27. The molecule has 1 N–H and O–H groups in total. The molecule has 1 aromatic carbocycles. The molecule has 4 nitrogen and oxygen atoms in total. The third-order valence-electron chi connectivity index (χ3n) is 3.28. The van der Waals surface area contributed by atoms with Crippen LogP contribution in [0.25, 0.3) is 0 Å². The Kier molecular flexibility index (Phi) is 3.09. The van der Waals surface area contributed by atoms with Gasteiger partial charge in [0.2, 0.25) is 0 Å². The van der Waals surface area contributed by atoms with E-state index < -0.39 is 12.2 Å². The lowest BCUT2D eigenvalue weighted by Crippen LogP contribution is -2.35. The first-order valence-electron chi connectivity index (χ1n) is 6.23. The van der Waals surface area contributed by atoms with Crippen molar-refractivity contribution < 1.29 is 14.6 Å². The Morgan fingerprint density at radius 1 is 1.26 bits per heavy atom. The van der Waals surface area contributed by atoms with Crippen molar-refractivity contribution in [3.05, 3.63) is 53.9 Å². The number of para-hydroxylation sites is 2. The van der Waals surface area contributed by atoms with E-state index in [9.17, 15) is 5.11 Å². The average Bonchev–Trinajstić information content (AvgIpc) is 2.46. The number of aliphatic hydroxyl groups excluding tert-OH is 1. The molecule has 19 heavy (non-hydrogen) atoms. The quantitative estimate of drug-likeness (QED) is 0.896. The first kappa shape index (κ1) is 12.0. The zero-order valence-corrected chi connectivity index (χ0v) is 10.6. The van der Waals surface area contributed by atoms with Crippen molar-refractivity contribution in [3.63, 3.8) is 0 Å². The van der Waals surface area contributed by atoms with Gasteiger partial charge < -0.3 is 14.6 Å². The summed E-state index contributed by atoms with van der Waals surface area (Å²) in [5.74, 6) is 1.38. The molecular formula is C15H15NO3. The number of nitrogens with zero attached hydrogens (tertiary/aromatic N) is 1. The Bertz CT molecular complexity index is 585. The summed E-state index contributed by atoms with van der Waals surface area (Å²) in [5.41, 5.74) is 1.76. The van der Waals surface area contributed by atoms with Gasteiger partial charge in [-0.2, -0.15) is 0 Å². The highest BCUT2D eigenvalue weighted by Gasteiger charge is 2.29. The smallest absolute Gasteiger partial charge is 0.163 e. The topological polar surface area (TPSA) is 51.6 Å². The van der Waals surface area contributed by atoms with Gasteiger partial charge >= 0.3 is 0 Å². The predicted molar refractivity (Wildman–Crippen MR) is 70.3 cm³/mol. The lowest BCUT2D eigenvalue weighted by molar-refractivity contribution is -0.0117. The molecule has 4 heteroatoms. The Morgan fingerprint density at radius 2 is 2.05 bits per heavy atom. The molecule has 98 valence electrons. The minimum atomic E-state index is -0.748. The van der Waals surface area contributed by atoms with E-state index in [4.69, 9.17) is 9.47 Å². The Hall–Kier alpha value is -2.07. The molecule has 1 aliphatic heterocycles. The van der Waals surface area contributed by atoms with Gasteiger partial charge in [-0.15, -0.1) is 0 Å². The van der Waals surface area contributed by atoms with Gasteiger partial charge in [-0.1, -0.05) is 12.1 Å². The van der Waals surface area contributed by atoms with E-state index in [1.165, 1.54) is 0 Å². The number of aromatic nitrogens is 1. The van der Waals surface area contributed by atoms with Crippen molar-refractivity contribution in [3.8, 4) is 11.5 Å². The highest BCUT2D eigenvalue weighted by Crippen LogP contribution is 2.34. The molecule has 0 amide bonds. The maximum atomic E-state index is 10.4. The van der Waals surface area contributed by atoms with Crippen LogP contribution in [-0.2, 0) is 0 Å². The van der Waals surface area contributed by atoms with Crippen LogP contribution in [0.15, 0.2) is 42.7 Å². The van der Waals surface area contributed by atoms with Crippen molar-refractivity contribution in [2.24, 2.45) is 0 Å². The number of hydrogen-bond donors (Lipinski definition) is 1. The third-order valence-corrected chi connectivity index (χ3v) is 3.28. The zero-order valence-electron chi connectivity index (χ0n) is 10.6. The molecule has 0 fully saturated rings. The fourth-order valence-electron chi connectivity index (χ4n) is 2.18. The fraction of sp³-hybridized carbons (Fsp3) is 0.267. The van der Waals surface area contributed by atoms with Crippen molar-refractivity contribution in [2.45, 2.75) is 19.1 Å². The van der Waals surface area contributed by atoms with Gasteiger partial charge in [0.1, 0.15) is 12.7 Å². The molecule has 2 atom stereocenters. The van der Waals surface area contributed by atoms with E-state index in [1.54, 1.807) is 12.4 Å². The lowest BCUT2D eigenvalue weighted by atomic mass is 10.0. The predicted octanol–water partition coefficient (Wildman–Crippen LogP) is 2.26. The first-order valence-corrected chi connectivity index (χ1v) is 6.23. The van der Waals surface area contributed by atoms with Gasteiger partial charge in [0.15, 0.2) is 17.6 Å². The SMILES string of the molecule is Cc1ccncc1C(O)C1COc2ccccc2O1. The normalized spacial score (nSPS) is 18.9. The minimum Gasteiger partial charge on any atom is -0.486 e. The second-order valence-corrected chi connectivity index (χ2v) is 4.59. The monoisotopic (exact) mass is 257 g/mol. The van der Waals surface area contributed by atoms with Gasteiger partial charge in [0, 0.05) is 18.0 Å². The molecular weight excluding hydrogens is 242 g/mol. The summed E-state index contributed by atoms with van der Waals surface area (Å²) in [7, 11) is 0. The Balaban J connectivity index is 1.83. The average molecular weight is 257 g/mol. The van der Waals surface area contributed by atoms with Gasteiger partial charge in [0.25, 0.3) is 0 Å². The van der Waals surface area contributed by atoms with Gasteiger partial charge in [-0.05, 0) is 30.7 Å². The van der Waals surface area contributed by atoms with Gasteiger partial charge in [0.05, 0.1) is 0 Å². The highest BCUT2D eigenvalue weighted by atomic mass is 16.6. The molecule has 0 saturated heterocycles. The van der Waals surface area contributed by atoms with Crippen LogP contribution in [0, 0.1) is 6.92 Å². The molecule has 2 heterocycles. The fourth-order valence-corrected chi connectivity index (χ4v) is 2.18. The lowest BCUT2D eigenvalue weighted by Gasteiger charge is -2.30. The number of benzene rings is 1. The van der Waals surface area contributed by atoms with Crippen molar-refractivity contribution in [1.82, 2.24) is 4.98 Å². The maximum absolute atomic E-state index is 10.4. The van der Waals surface area contributed by atoms with Crippen LogP contribution in [0.4, 0.5) is 0 Å². The molecule has 1 aliphatic rings. The summed E-state index contributed by atoms with van der Waals surface area (Å²) in [6, 6.07) is 9.34. The number of fused-ring (bicyclic) bond motifs is 1. The van der Waals surface area contributed by atoms with Crippen molar-refractivity contribution >= 4 is 0 Å². The van der Waals surface area contributed by atoms with E-state index >= 15 is 0 Å². The molecule has 0 spiro atoms. The van der Waals surface area contributed by atoms with E-state index in [-0.39, 0.29) is 0 Å². The molecule has 2 unspecified atom stereocenters. The Labute approximate surface area is 111 Å². The molecule has 2 aromatic rings. The standard InChI is InChI=1S/C15H15NO3/c1-10-6-7-16-8-11(10)15(17)14-9-18-12-4-2-3-5-13(12)19-14/h2-8,14-15,17H,9H2,1H3. The van der Waals surface area contributed by atoms with Crippen LogP contribution in [-0.4, -0.2) is 22.8 Å². The molecule has 0 bridgehead atoms. The van der Waals surface area contributed by atoms with Crippen LogP contribution in [0.3, 0.4) is 0 Å². The maximum Gasteiger partial charge on any atom is 0.163 e. The van der Waals surface area contributed by atoms with E-state index in [2.05, 4.69) is 4.98 Å². The molecule has 0 saturated carbocycles. The number of aliphatic hydroxyl groups is 1. The second-order valence-electron chi connectivity index (χ2n) is 4.59. The minimum absolute atomic E-state index is 0.326.